The number of nitrogens with zero attached hydrogens (tertiary/aromatic N) is 1. The van der Waals surface area contributed by atoms with Gasteiger partial charge in [0.1, 0.15) is 0 Å². The van der Waals surface area contributed by atoms with E-state index in [1.807, 2.05) is 25.1 Å². The molecule has 25 heavy (non-hydrogen) atoms. The SMILES string of the molecule is Cc1ccc(C(=O)NCc2ccc(CN3CCOCC3)cc2)cc1C. The van der Waals surface area contributed by atoms with Crippen LogP contribution in [0.4, 0.5) is 0 Å². The molecule has 1 amide bonds. The molecular weight excluding hydrogens is 312 g/mol. The Morgan fingerprint density at radius 1 is 1.00 bits per heavy atom. The van der Waals surface area contributed by atoms with Crippen molar-refractivity contribution in [2.45, 2.75) is 26.9 Å². The lowest BCUT2D eigenvalue weighted by Gasteiger charge is -2.26. The molecule has 2 aromatic rings. The zero-order chi connectivity index (χ0) is 17.6. The highest BCUT2D eigenvalue weighted by atomic mass is 16.5. The van der Waals surface area contributed by atoms with E-state index >= 15 is 0 Å². The number of ether oxygens (including phenoxy) is 1. The molecule has 4 nitrogen and oxygen atoms in total. The summed E-state index contributed by atoms with van der Waals surface area (Å²) in [7, 11) is 0. The fourth-order valence-electron chi connectivity index (χ4n) is 2.95. The molecule has 1 saturated heterocycles. The van der Waals surface area contributed by atoms with E-state index in [0.29, 0.717) is 12.1 Å². The van der Waals surface area contributed by atoms with Gasteiger partial charge in [0.15, 0.2) is 0 Å². The van der Waals surface area contributed by atoms with Crippen LogP contribution in [0.5, 0.6) is 0 Å². The summed E-state index contributed by atoms with van der Waals surface area (Å²) in [5, 5.41) is 3.00. The first-order valence-corrected chi connectivity index (χ1v) is 8.85. The monoisotopic (exact) mass is 338 g/mol. The minimum Gasteiger partial charge on any atom is -0.379 e. The molecule has 0 saturated carbocycles. The number of rotatable bonds is 5. The average Bonchev–Trinajstić information content (AvgIpc) is 2.64. The summed E-state index contributed by atoms with van der Waals surface area (Å²) in [6.45, 7) is 9.21. The maximum Gasteiger partial charge on any atom is 0.251 e. The van der Waals surface area contributed by atoms with Crippen molar-refractivity contribution < 1.29 is 9.53 Å². The number of carbonyl (C=O) groups is 1. The third-order valence-corrected chi connectivity index (χ3v) is 4.76. The lowest BCUT2D eigenvalue weighted by atomic mass is 10.1. The first-order chi connectivity index (χ1) is 12.1. The van der Waals surface area contributed by atoms with Gasteiger partial charge in [0.05, 0.1) is 13.2 Å². The van der Waals surface area contributed by atoms with Crippen LogP contribution in [0.1, 0.15) is 32.6 Å². The molecule has 1 fully saturated rings. The molecule has 0 atom stereocenters. The molecule has 0 spiro atoms. The van der Waals surface area contributed by atoms with E-state index in [1.165, 1.54) is 11.1 Å². The Balaban J connectivity index is 1.52. The largest absolute Gasteiger partial charge is 0.379 e. The Bertz CT molecular complexity index is 719. The van der Waals surface area contributed by atoms with E-state index in [1.54, 1.807) is 0 Å². The molecule has 132 valence electrons. The van der Waals surface area contributed by atoms with Crippen LogP contribution in [-0.4, -0.2) is 37.1 Å². The number of hydrogen-bond donors (Lipinski definition) is 1. The summed E-state index contributed by atoms with van der Waals surface area (Å²) < 4.78 is 5.38. The second-order valence-corrected chi connectivity index (χ2v) is 6.69. The van der Waals surface area contributed by atoms with E-state index in [-0.39, 0.29) is 5.91 Å². The minimum atomic E-state index is -0.0273. The van der Waals surface area contributed by atoms with Crippen molar-refractivity contribution in [1.82, 2.24) is 10.2 Å². The van der Waals surface area contributed by atoms with Crippen LogP contribution in [0.2, 0.25) is 0 Å². The number of aryl methyl sites for hydroxylation is 2. The molecule has 0 aromatic heterocycles. The van der Waals surface area contributed by atoms with Gasteiger partial charge in [-0.2, -0.15) is 0 Å². The third kappa shape index (κ3) is 4.91. The van der Waals surface area contributed by atoms with Crippen LogP contribution in [0.15, 0.2) is 42.5 Å². The van der Waals surface area contributed by atoms with Gasteiger partial charge in [0.25, 0.3) is 5.91 Å². The summed E-state index contributed by atoms with van der Waals surface area (Å²) in [5.74, 6) is -0.0273. The lowest BCUT2D eigenvalue weighted by molar-refractivity contribution is 0.0342. The van der Waals surface area contributed by atoms with Crippen molar-refractivity contribution >= 4 is 5.91 Å². The molecular formula is C21H26N2O2. The quantitative estimate of drug-likeness (QED) is 0.911. The van der Waals surface area contributed by atoms with Gasteiger partial charge in [-0.3, -0.25) is 9.69 Å². The van der Waals surface area contributed by atoms with Crippen molar-refractivity contribution in [3.63, 3.8) is 0 Å². The number of benzene rings is 2. The van der Waals surface area contributed by atoms with Crippen molar-refractivity contribution in [3.8, 4) is 0 Å². The molecule has 1 N–H and O–H groups in total. The summed E-state index contributed by atoms with van der Waals surface area (Å²) in [6.07, 6.45) is 0. The number of carbonyl (C=O) groups excluding carboxylic acids is 1. The molecule has 0 bridgehead atoms. The summed E-state index contributed by atoms with van der Waals surface area (Å²) in [4.78, 5) is 14.7. The second-order valence-electron chi connectivity index (χ2n) is 6.69. The van der Waals surface area contributed by atoms with Gasteiger partial charge in [-0.05, 0) is 48.2 Å². The smallest absolute Gasteiger partial charge is 0.251 e. The van der Waals surface area contributed by atoms with Gasteiger partial charge in [-0.15, -0.1) is 0 Å². The van der Waals surface area contributed by atoms with Crippen LogP contribution in [0.25, 0.3) is 0 Å². The topological polar surface area (TPSA) is 41.6 Å². The Labute approximate surface area is 149 Å². The van der Waals surface area contributed by atoms with Crippen LogP contribution in [-0.2, 0) is 17.8 Å². The molecule has 1 aliphatic heterocycles. The standard InChI is InChI=1S/C21H26N2O2/c1-16-3-8-20(13-17(16)2)21(24)22-14-18-4-6-19(7-5-18)15-23-9-11-25-12-10-23/h3-8,13H,9-12,14-15H2,1-2H3,(H,22,24). The lowest BCUT2D eigenvalue weighted by Crippen LogP contribution is -2.35. The van der Waals surface area contributed by atoms with Crippen LogP contribution in [0, 0.1) is 13.8 Å². The summed E-state index contributed by atoms with van der Waals surface area (Å²) >= 11 is 0. The Kier molecular flexibility index (Phi) is 5.84. The second kappa shape index (κ2) is 8.28. The highest BCUT2D eigenvalue weighted by Crippen LogP contribution is 2.11. The van der Waals surface area contributed by atoms with Gasteiger partial charge in [0, 0.05) is 31.7 Å². The van der Waals surface area contributed by atoms with Crippen molar-refractivity contribution in [3.05, 3.63) is 70.3 Å². The first kappa shape index (κ1) is 17.6. The van der Waals surface area contributed by atoms with Crippen LogP contribution >= 0.6 is 0 Å². The van der Waals surface area contributed by atoms with Gasteiger partial charge < -0.3 is 10.1 Å². The maximum atomic E-state index is 12.3. The van der Waals surface area contributed by atoms with Gasteiger partial charge >= 0.3 is 0 Å². The molecule has 4 heteroatoms. The zero-order valence-electron chi connectivity index (χ0n) is 15.0. The van der Waals surface area contributed by atoms with E-state index in [2.05, 4.69) is 41.4 Å². The highest BCUT2D eigenvalue weighted by Gasteiger charge is 2.11. The first-order valence-electron chi connectivity index (χ1n) is 8.85. The van der Waals surface area contributed by atoms with Gasteiger partial charge in [-0.25, -0.2) is 0 Å². The van der Waals surface area contributed by atoms with E-state index in [4.69, 9.17) is 4.74 Å². The molecule has 0 aliphatic carbocycles. The molecule has 3 rings (SSSR count). The van der Waals surface area contributed by atoms with Crippen molar-refractivity contribution in [2.75, 3.05) is 26.3 Å². The number of nitrogens with one attached hydrogen (secondary N) is 1. The predicted molar refractivity (Wildman–Crippen MR) is 99.6 cm³/mol. The fraction of sp³-hybridized carbons (Fsp3) is 0.381. The van der Waals surface area contributed by atoms with E-state index in [9.17, 15) is 4.79 Å². The Hall–Kier alpha value is -2.17. The van der Waals surface area contributed by atoms with Crippen molar-refractivity contribution in [2.24, 2.45) is 0 Å². The number of amides is 1. The van der Waals surface area contributed by atoms with Crippen LogP contribution in [0.3, 0.4) is 0 Å². The molecule has 1 aliphatic rings. The Morgan fingerprint density at radius 2 is 1.68 bits per heavy atom. The Morgan fingerprint density at radius 3 is 2.36 bits per heavy atom. The van der Waals surface area contributed by atoms with E-state index in [0.717, 1.165) is 44.0 Å². The molecule has 0 radical (unpaired) electrons. The maximum absolute atomic E-state index is 12.3. The fourth-order valence-corrected chi connectivity index (χ4v) is 2.95. The number of hydrogen-bond acceptors (Lipinski definition) is 3. The predicted octanol–water partition coefficient (Wildman–Crippen LogP) is 3.07. The highest BCUT2D eigenvalue weighted by molar-refractivity contribution is 5.94. The normalized spacial score (nSPS) is 15.1. The van der Waals surface area contributed by atoms with Crippen LogP contribution < -0.4 is 5.32 Å². The average molecular weight is 338 g/mol. The van der Waals surface area contributed by atoms with Gasteiger partial charge in [-0.1, -0.05) is 30.3 Å². The van der Waals surface area contributed by atoms with Crippen molar-refractivity contribution in [1.29, 1.82) is 0 Å². The molecule has 0 unspecified atom stereocenters. The summed E-state index contributed by atoms with van der Waals surface area (Å²) in [6, 6.07) is 14.3. The van der Waals surface area contributed by atoms with Gasteiger partial charge in [0.2, 0.25) is 0 Å². The zero-order valence-corrected chi connectivity index (χ0v) is 15.0. The number of morpholine rings is 1. The molecule has 1 heterocycles. The molecule has 2 aromatic carbocycles. The summed E-state index contributed by atoms with van der Waals surface area (Å²) in [5.41, 5.74) is 5.47. The van der Waals surface area contributed by atoms with E-state index < -0.39 is 0 Å². The minimum absolute atomic E-state index is 0.0273. The third-order valence-electron chi connectivity index (χ3n) is 4.76.